The van der Waals surface area contributed by atoms with Crippen molar-refractivity contribution in [3.8, 4) is 17.6 Å². The Labute approximate surface area is 126 Å². The molecule has 0 bridgehead atoms. The van der Waals surface area contributed by atoms with Crippen LogP contribution in [0.3, 0.4) is 0 Å². The van der Waals surface area contributed by atoms with Gasteiger partial charge in [-0.05, 0) is 35.6 Å². The SMILES string of the molecule is N#Cc1c(N)nsc1NCCc1ccc2c(c1)OCCO2. The molecule has 1 aliphatic heterocycles. The molecule has 3 N–H and O–H groups in total. The van der Waals surface area contributed by atoms with Gasteiger partial charge in [0, 0.05) is 6.54 Å². The minimum absolute atomic E-state index is 0.282. The number of nitrogens with zero attached hydrogens (tertiary/aromatic N) is 2. The first-order valence-electron chi connectivity index (χ1n) is 6.55. The number of aromatic nitrogens is 1. The smallest absolute Gasteiger partial charge is 0.161 e. The van der Waals surface area contributed by atoms with Crippen LogP contribution in [0.2, 0.25) is 0 Å². The maximum atomic E-state index is 9.00. The average Bonchev–Trinajstić information content (AvgIpc) is 2.87. The van der Waals surface area contributed by atoms with Crippen LogP contribution in [0.25, 0.3) is 0 Å². The maximum absolute atomic E-state index is 9.00. The predicted molar refractivity (Wildman–Crippen MR) is 80.9 cm³/mol. The zero-order valence-electron chi connectivity index (χ0n) is 11.3. The highest BCUT2D eigenvalue weighted by atomic mass is 32.1. The summed E-state index contributed by atoms with van der Waals surface area (Å²) in [7, 11) is 0. The van der Waals surface area contributed by atoms with Gasteiger partial charge < -0.3 is 20.5 Å². The summed E-state index contributed by atoms with van der Waals surface area (Å²) in [5.74, 6) is 1.86. The van der Waals surface area contributed by atoms with Gasteiger partial charge >= 0.3 is 0 Å². The minimum atomic E-state index is 0.282. The molecule has 0 saturated carbocycles. The second kappa shape index (κ2) is 5.89. The lowest BCUT2D eigenvalue weighted by atomic mass is 10.1. The third kappa shape index (κ3) is 2.85. The van der Waals surface area contributed by atoms with Gasteiger partial charge in [-0.1, -0.05) is 6.07 Å². The molecule has 0 radical (unpaired) electrons. The molecule has 1 aliphatic rings. The summed E-state index contributed by atoms with van der Waals surface area (Å²) >= 11 is 1.21. The number of benzene rings is 1. The Hall–Kier alpha value is -2.46. The molecule has 7 heteroatoms. The quantitative estimate of drug-likeness (QED) is 0.897. The number of nitrogens with one attached hydrogen (secondary N) is 1. The average molecular weight is 302 g/mol. The highest BCUT2D eigenvalue weighted by Crippen LogP contribution is 2.31. The normalized spacial score (nSPS) is 12.7. The van der Waals surface area contributed by atoms with Crippen LogP contribution in [-0.2, 0) is 6.42 Å². The number of ether oxygens (including phenoxy) is 2. The van der Waals surface area contributed by atoms with E-state index in [2.05, 4.69) is 15.8 Å². The molecule has 0 saturated heterocycles. The highest BCUT2D eigenvalue weighted by Gasteiger charge is 2.12. The molecule has 108 valence electrons. The number of fused-ring (bicyclic) bond motifs is 1. The summed E-state index contributed by atoms with van der Waals surface area (Å²) in [5.41, 5.74) is 7.18. The van der Waals surface area contributed by atoms with Crippen LogP contribution >= 0.6 is 11.5 Å². The largest absolute Gasteiger partial charge is 0.486 e. The van der Waals surface area contributed by atoms with E-state index in [1.807, 2.05) is 18.2 Å². The Morgan fingerprint density at radius 3 is 2.95 bits per heavy atom. The number of hydrogen-bond donors (Lipinski definition) is 2. The first-order valence-corrected chi connectivity index (χ1v) is 7.33. The minimum Gasteiger partial charge on any atom is -0.486 e. The van der Waals surface area contributed by atoms with Gasteiger partial charge in [0.15, 0.2) is 17.3 Å². The van der Waals surface area contributed by atoms with E-state index in [1.54, 1.807) is 0 Å². The summed E-state index contributed by atoms with van der Waals surface area (Å²) in [6.45, 7) is 1.87. The van der Waals surface area contributed by atoms with Crippen molar-refractivity contribution in [2.75, 3.05) is 30.8 Å². The summed E-state index contributed by atoms with van der Waals surface area (Å²) in [5, 5.41) is 12.9. The van der Waals surface area contributed by atoms with Crippen molar-refractivity contribution in [1.29, 1.82) is 5.26 Å². The Bertz CT molecular complexity index is 693. The molecule has 6 nitrogen and oxygen atoms in total. The zero-order valence-corrected chi connectivity index (χ0v) is 12.1. The number of hydrogen-bond acceptors (Lipinski definition) is 7. The number of rotatable bonds is 4. The van der Waals surface area contributed by atoms with Gasteiger partial charge in [-0.3, -0.25) is 0 Å². The van der Waals surface area contributed by atoms with Gasteiger partial charge in [0.2, 0.25) is 0 Å². The van der Waals surface area contributed by atoms with Crippen LogP contribution in [0.4, 0.5) is 10.8 Å². The molecule has 1 aromatic heterocycles. The molecule has 0 unspecified atom stereocenters. The molecular formula is C14H14N4O2S. The van der Waals surface area contributed by atoms with Gasteiger partial charge in [0.05, 0.1) is 0 Å². The van der Waals surface area contributed by atoms with Crippen LogP contribution in [0.15, 0.2) is 18.2 Å². The number of anilines is 2. The molecule has 0 aliphatic carbocycles. The fourth-order valence-electron chi connectivity index (χ4n) is 2.09. The summed E-state index contributed by atoms with van der Waals surface area (Å²) < 4.78 is 15.0. The van der Waals surface area contributed by atoms with Gasteiger partial charge in [-0.15, -0.1) is 0 Å². The fraction of sp³-hybridized carbons (Fsp3) is 0.286. The second-order valence-corrected chi connectivity index (χ2v) is 5.31. The second-order valence-electron chi connectivity index (χ2n) is 4.54. The molecule has 0 spiro atoms. The van der Waals surface area contributed by atoms with Crippen molar-refractivity contribution in [2.24, 2.45) is 0 Å². The molecule has 3 rings (SSSR count). The third-order valence-corrected chi connectivity index (χ3v) is 3.96. The van der Waals surface area contributed by atoms with Gasteiger partial charge in [-0.25, -0.2) is 0 Å². The summed E-state index contributed by atoms with van der Waals surface area (Å²) in [4.78, 5) is 0. The Morgan fingerprint density at radius 2 is 2.14 bits per heavy atom. The lowest BCUT2D eigenvalue weighted by molar-refractivity contribution is 0.171. The first-order chi connectivity index (χ1) is 10.3. The van der Waals surface area contributed by atoms with E-state index < -0.39 is 0 Å². The topological polar surface area (TPSA) is 93.2 Å². The molecule has 2 heterocycles. The molecule has 21 heavy (non-hydrogen) atoms. The summed E-state index contributed by atoms with van der Waals surface area (Å²) in [6.07, 6.45) is 0.805. The Morgan fingerprint density at radius 1 is 1.33 bits per heavy atom. The zero-order chi connectivity index (χ0) is 14.7. The van der Waals surface area contributed by atoms with Gasteiger partial charge in [-0.2, -0.15) is 9.64 Å². The van der Waals surface area contributed by atoms with E-state index >= 15 is 0 Å². The van der Waals surface area contributed by atoms with Crippen LogP contribution in [0.5, 0.6) is 11.5 Å². The fourth-order valence-corrected chi connectivity index (χ4v) is 2.78. The Kier molecular flexibility index (Phi) is 3.79. The van der Waals surface area contributed by atoms with Crippen LogP contribution < -0.4 is 20.5 Å². The van der Waals surface area contributed by atoms with Crippen molar-refractivity contribution in [2.45, 2.75) is 6.42 Å². The van der Waals surface area contributed by atoms with Crippen molar-refractivity contribution in [3.05, 3.63) is 29.3 Å². The van der Waals surface area contributed by atoms with Crippen LogP contribution in [0.1, 0.15) is 11.1 Å². The first kappa shape index (κ1) is 13.5. The van der Waals surface area contributed by atoms with E-state index in [4.69, 9.17) is 20.5 Å². The lowest BCUT2D eigenvalue weighted by Crippen LogP contribution is -2.15. The Balaban J connectivity index is 1.62. The third-order valence-electron chi connectivity index (χ3n) is 3.14. The predicted octanol–water partition coefficient (Wildman–Crippen LogP) is 2.02. The molecule has 0 atom stereocenters. The number of nitrogens with two attached hydrogens (primary N) is 1. The van der Waals surface area contributed by atoms with Gasteiger partial charge in [0.1, 0.15) is 29.8 Å². The van der Waals surface area contributed by atoms with Crippen molar-refractivity contribution in [1.82, 2.24) is 4.37 Å². The van der Waals surface area contributed by atoms with Crippen molar-refractivity contribution < 1.29 is 9.47 Å². The lowest BCUT2D eigenvalue weighted by Gasteiger charge is -2.18. The van der Waals surface area contributed by atoms with Gasteiger partial charge in [0.25, 0.3) is 0 Å². The molecule has 0 fully saturated rings. The number of nitrogen functional groups attached to an aromatic ring is 1. The van der Waals surface area contributed by atoms with E-state index in [1.165, 1.54) is 11.5 Å². The molecule has 1 aromatic carbocycles. The van der Waals surface area contributed by atoms with E-state index in [9.17, 15) is 0 Å². The summed E-state index contributed by atoms with van der Waals surface area (Å²) in [6, 6.07) is 7.99. The standard InChI is InChI=1S/C14H14N4O2S/c15-8-10-13(16)18-21-14(10)17-4-3-9-1-2-11-12(7-9)20-6-5-19-11/h1-2,7,17H,3-6H2,(H2,16,18). The van der Waals surface area contributed by atoms with Crippen LogP contribution in [0, 0.1) is 11.3 Å². The molecule has 2 aromatic rings. The molecular weight excluding hydrogens is 288 g/mol. The van der Waals surface area contributed by atoms with Crippen molar-refractivity contribution in [3.63, 3.8) is 0 Å². The highest BCUT2D eigenvalue weighted by molar-refractivity contribution is 7.10. The monoisotopic (exact) mass is 302 g/mol. The van der Waals surface area contributed by atoms with E-state index in [0.717, 1.165) is 23.5 Å². The maximum Gasteiger partial charge on any atom is 0.161 e. The van der Waals surface area contributed by atoms with E-state index in [-0.39, 0.29) is 5.82 Å². The molecule has 0 amide bonds. The van der Waals surface area contributed by atoms with Crippen molar-refractivity contribution >= 4 is 22.4 Å². The number of nitriles is 1. The van der Waals surface area contributed by atoms with Crippen LogP contribution in [-0.4, -0.2) is 24.1 Å². The van der Waals surface area contributed by atoms with E-state index in [0.29, 0.717) is 30.3 Å².